The molecular weight excluding hydrogens is 460 g/mol. The van der Waals surface area contributed by atoms with E-state index in [9.17, 15) is 15.3 Å². The van der Waals surface area contributed by atoms with Gasteiger partial charge in [-0.15, -0.1) is 0 Å². The van der Waals surface area contributed by atoms with Crippen molar-refractivity contribution in [3.8, 4) is 17.4 Å². The van der Waals surface area contributed by atoms with Crippen LogP contribution in [0.5, 0.6) is 5.88 Å². The van der Waals surface area contributed by atoms with Crippen LogP contribution in [-0.4, -0.2) is 87.0 Å². The predicted octanol–water partition coefficient (Wildman–Crippen LogP) is 1.41. The average Bonchev–Trinajstić information content (AvgIpc) is 3.18. The van der Waals surface area contributed by atoms with E-state index < -0.39 is 24.4 Å². The molecule has 11 heteroatoms. The zero-order chi connectivity index (χ0) is 25.1. The fourth-order valence-corrected chi connectivity index (χ4v) is 4.36. The van der Waals surface area contributed by atoms with Crippen molar-refractivity contribution in [1.82, 2.24) is 10.1 Å². The van der Waals surface area contributed by atoms with Gasteiger partial charge in [0.25, 0.3) is 5.88 Å². The standard InChI is InChI=1S/C24H34N2O9/c1-12(7-20-25-10-19(33-20)16-9-21(26-35-16)31-5-4-27)6-17-23(30)22(29)15(11-32-17)8-18-24(34-18)13(2)14(3)28/h7,9-10,13-15,17-18,22-24,27-30H,4-6,8,11H2,1-3H3/b12-7+/t13-,14-,15-,17-,18-,22+,23-,24-/m0/s1. The normalized spacial score (nSPS) is 30.8. The quantitative estimate of drug-likeness (QED) is 0.334. The molecule has 0 spiro atoms. The molecule has 0 saturated carbocycles. The van der Waals surface area contributed by atoms with Crippen molar-refractivity contribution in [2.24, 2.45) is 11.8 Å². The zero-order valence-electron chi connectivity index (χ0n) is 20.1. The van der Waals surface area contributed by atoms with Crippen molar-refractivity contribution < 1.29 is 43.6 Å². The summed E-state index contributed by atoms with van der Waals surface area (Å²) in [6.07, 6.45) is 1.18. The van der Waals surface area contributed by atoms with Crippen LogP contribution in [0.2, 0.25) is 0 Å². The second-order valence-electron chi connectivity index (χ2n) is 9.45. The van der Waals surface area contributed by atoms with Gasteiger partial charge in [0.2, 0.25) is 11.7 Å². The lowest BCUT2D eigenvalue weighted by molar-refractivity contribution is -0.165. The maximum absolute atomic E-state index is 10.7. The van der Waals surface area contributed by atoms with E-state index in [4.69, 9.17) is 28.3 Å². The summed E-state index contributed by atoms with van der Waals surface area (Å²) in [6, 6.07) is 1.54. The van der Waals surface area contributed by atoms with Crippen molar-refractivity contribution >= 4 is 6.08 Å². The molecule has 0 amide bonds. The summed E-state index contributed by atoms with van der Waals surface area (Å²) in [5.74, 6) is 1.08. The summed E-state index contributed by atoms with van der Waals surface area (Å²) in [7, 11) is 0. The van der Waals surface area contributed by atoms with Gasteiger partial charge in [-0.25, -0.2) is 4.98 Å². The minimum atomic E-state index is -1.03. The van der Waals surface area contributed by atoms with Crippen molar-refractivity contribution in [2.75, 3.05) is 19.8 Å². The van der Waals surface area contributed by atoms with Crippen molar-refractivity contribution in [3.63, 3.8) is 0 Å². The lowest BCUT2D eigenvalue weighted by Gasteiger charge is -2.38. The topological polar surface area (TPSA) is 164 Å². The molecule has 194 valence electrons. The van der Waals surface area contributed by atoms with E-state index in [2.05, 4.69) is 10.1 Å². The molecule has 8 atom stereocenters. The summed E-state index contributed by atoms with van der Waals surface area (Å²) < 4.78 is 27.6. The summed E-state index contributed by atoms with van der Waals surface area (Å²) in [6.45, 7) is 5.85. The second kappa shape index (κ2) is 11.2. The lowest BCUT2D eigenvalue weighted by Crippen LogP contribution is -2.50. The molecule has 4 rings (SSSR count). The first-order valence-electron chi connectivity index (χ1n) is 11.9. The third-order valence-corrected chi connectivity index (χ3v) is 6.66. The Hall–Kier alpha value is -2.28. The first-order chi connectivity index (χ1) is 16.8. The molecule has 11 nitrogen and oxygen atoms in total. The van der Waals surface area contributed by atoms with E-state index in [1.807, 2.05) is 13.8 Å². The summed E-state index contributed by atoms with van der Waals surface area (Å²) in [5, 5.41) is 43.6. The Bertz CT molecular complexity index is 987. The number of hydrogen-bond donors (Lipinski definition) is 4. The maximum Gasteiger partial charge on any atom is 0.254 e. The molecule has 4 heterocycles. The van der Waals surface area contributed by atoms with Gasteiger partial charge in [0.15, 0.2) is 5.76 Å². The van der Waals surface area contributed by atoms with Crippen LogP contribution in [0.25, 0.3) is 17.6 Å². The van der Waals surface area contributed by atoms with E-state index in [-0.39, 0.29) is 43.1 Å². The van der Waals surface area contributed by atoms with Gasteiger partial charge in [-0.1, -0.05) is 12.5 Å². The molecule has 35 heavy (non-hydrogen) atoms. The Kier molecular flexibility index (Phi) is 8.25. The molecule has 0 radical (unpaired) electrons. The van der Waals surface area contributed by atoms with Crippen molar-refractivity contribution in [3.05, 3.63) is 23.7 Å². The SMILES string of the molecule is C/C(=C\c1ncc(-c2cc(OCCO)no2)o1)C[C@@H]1OC[C@H](C[C@@H]2O[C@H]2[C@@H](C)[C@H](C)O)[C@@H](O)[C@H]1O. The number of hydrogen-bond acceptors (Lipinski definition) is 11. The van der Waals surface area contributed by atoms with Crippen LogP contribution in [0, 0.1) is 11.8 Å². The Morgan fingerprint density at radius 1 is 1.23 bits per heavy atom. The predicted molar refractivity (Wildman–Crippen MR) is 122 cm³/mol. The molecule has 2 aromatic heterocycles. The molecule has 2 aliphatic heterocycles. The highest BCUT2D eigenvalue weighted by molar-refractivity contribution is 5.52. The highest BCUT2D eigenvalue weighted by Crippen LogP contribution is 2.38. The van der Waals surface area contributed by atoms with Gasteiger partial charge in [0, 0.05) is 11.8 Å². The van der Waals surface area contributed by atoms with E-state index in [0.29, 0.717) is 36.9 Å². The third-order valence-electron chi connectivity index (χ3n) is 6.66. The molecule has 0 unspecified atom stereocenters. The number of oxazole rings is 1. The van der Waals surface area contributed by atoms with Gasteiger partial charge in [-0.3, -0.25) is 0 Å². The molecule has 2 saturated heterocycles. The number of aromatic nitrogens is 2. The largest absolute Gasteiger partial charge is 0.473 e. The third kappa shape index (κ3) is 6.29. The summed E-state index contributed by atoms with van der Waals surface area (Å²) >= 11 is 0. The van der Waals surface area contributed by atoms with E-state index in [1.54, 1.807) is 19.1 Å². The fourth-order valence-electron chi connectivity index (χ4n) is 4.36. The number of aliphatic hydroxyl groups is 4. The van der Waals surface area contributed by atoms with Gasteiger partial charge in [-0.2, -0.15) is 0 Å². The zero-order valence-corrected chi connectivity index (χ0v) is 20.1. The first-order valence-corrected chi connectivity index (χ1v) is 11.9. The fraction of sp³-hybridized carbons (Fsp3) is 0.667. The molecule has 2 fully saturated rings. The van der Waals surface area contributed by atoms with Gasteiger partial charge in [0.05, 0.1) is 56.0 Å². The Balaban J connectivity index is 1.29. The van der Waals surface area contributed by atoms with E-state index in [1.165, 1.54) is 6.20 Å². The molecule has 2 aliphatic rings. The van der Waals surface area contributed by atoms with Gasteiger partial charge < -0.3 is 43.6 Å². The molecule has 0 aromatic carbocycles. The molecule has 2 aromatic rings. The molecular formula is C24H34N2O9. The van der Waals surface area contributed by atoms with Crippen molar-refractivity contribution in [1.29, 1.82) is 0 Å². The van der Waals surface area contributed by atoms with Crippen molar-refractivity contribution in [2.45, 2.75) is 70.2 Å². The van der Waals surface area contributed by atoms with Crippen LogP contribution >= 0.6 is 0 Å². The van der Waals surface area contributed by atoms with Crippen LogP contribution in [0.1, 0.15) is 39.5 Å². The van der Waals surface area contributed by atoms with Gasteiger partial charge in [-0.05, 0) is 37.9 Å². The smallest absolute Gasteiger partial charge is 0.254 e. The monoisotopic (exact) mass is 494 g/mol. The van der Waals surface area contributed by atoms with Crippen LogP contribution < -0.4 is 4.74 Å². The number of epoxide rings is 1. The number of rotatable bonds is 11. The molecule has 0 bridgehead atoms. The van der Waals surface area contributed by atoms with Gasteiger partial charge >= 0.3 is 0 Å². The number of nitrogens with zero attached hydrogens (tertiary/aromatic N) is 2. The second-order valence-corrected chi connectivity index (χ2v) is 9.45. The Morgan fingerprint density at radius 2 is 2.03 bits per heavy atom. The number of ether oxygens (including phenoxy) is 3. The summed E-state index contributed by atoms with van der Waals surface area (Å²) in [4.78, 5) is 4.22. The minimum absolute atomic E-state index is 0.0218. The van der Waals surface area contributed by atoms with Crippen LogP contribution in [0.3, 0.4) is 0 Å². The maximum atomic E-state index is 10.7. The van der Waals surface area contributed by atoms with Gasteiger partial charge in [0.1, 0.15) is 12.7 Å². The van der Waals surface area contributed by atoms with Crippen LogP contribution in [0.4, 0.5) is 0 Å². The Labute approximate surface area is 203 Å². The van der Waals surface area contributed by atoms with E-state index in [0.717, 1.165) is 5.57 Å². The number of aliphatic hydroxyl groups excluding tert-OH is 4. The van der Waals surface area contributed by atoms with Crippen LogP contribution in [0.15, 0.2) is 26.8 Å². The van der Waals surface area contributed by atoms with Crippen LogP contribution in [-0.2, 0) is 9.47 Å². The molecule has 4 N–H and O–H groups in total. The lowest BCUT2D eigenvalue weighted by atomic mass is 9.85. The minimum Gasteiger partial charge on any atom is -0.473 e. The average molecular weight is 495 g/mol. The van der Waals surface area contributed by atoms with E-state index >= 15 is 0 Å². The summed E-state index contributed by atoms with van der Waals surface area (Å²) in [5.41, 5.74) is 0.856. The highest BCUT2D eigenvalue weighted by atomic mass is 16.6. The Morgan fingerprint density at radius 3 is 2.77 bits per heavy atom. The molecule has 0 aliphatic carbocycles. The highest BCUT2D eigenvalue weighted by Gasteiger charge is 2.48. The first kappa shape index (κ1) is 25.8.